The van der Waals surface area contributed by atoms with Crippen molar-refractivity contribution in [1.29, 1.82) is 0 Å². The van der Waals surface area contributed by atoms with E-state index in [4.69, 9.17) is 0 Å². The number of amides is 1. The van der Waals surface area contributed by atoms with Gasteiger partial charge in [0.05, 0.1) is 11.3 Å². The molecule has 8 heteroatoms. The van der Waals surface area contributed by atoms with Gasteiger partial charge < -0.3 is 5.32 Å². The van der Waals surface area contributed by atoms with Gasteiger partial charge in [-0.05, 0) is 37.8 Å². The molecule has 1 saturated carbocycles. The second kappa shape index (κ2) is 5.82. The van der Waals surface area contributed by atoms with Crippen molar-refractivity contribution in [2.24, 2.45) is 5.92 Å². The van der Waals surface area contributed by atoms with Crippen molar-refractivity contribution in [2.45, 2.75) is 38.7 Å². The molecule has 23 heavy (non-hydrogen) atoms. The Morgan fingerprint density at radius 2 is 2.00 bits per heavy atom. The summed E-state index contributed by atoms with van der Waals surface area (Å²) >= 11 is 0. The highest BCUT2D eigenvalue weighted by Gasteiger charge is 2.30. The maximum Gasteiger partial charge on any atom is 0.280 e. The van der Waals surface area contributed by atoms with Crippen LogP contribution in [0.4, 0.5) is 17.6 Å². The van der Waals surface area contributed by atoms with E-state index in [1.807, 2.05) is 6.92 Å². The summed E-state index contributed by atoms with van der Waals surface area (Å²) in [6.45, 7) is 1.86. The molecule has 4 nitrogen and oxygen atoms in total. The van der Waals surface area contributed by atoms with Gasteiger partial charge >= 0.3 is 0 Å². The molecule has 0 aromatic carbocycles. The lowest BCUT2D eigenvalue weighted by atomic mass is 10.2. The van der Waals surface area contributed by atoms with Gasteiger partial charge in [-0.15, -0.1) is 0 Å². The molecule has 1 atom stereocenters. The molecule has 0 saturated heterocycles. The molecule has 2 heterocycles. The monoisotopic (exact) mass is 329 g/mol. The topological polar surface area (TPSA) is 46.4 Å². The first-order valence-electron chi connectivity index (χ1n) is 7.27. The normalized spacial score (nSPS) is 16.3. The van der Waals surface area contributed by atoms with E-state index in [2.05, 4.69) is 10.3 Å². The Balaban J connectivity index is 2.02. The van der Waals surface area contributed by atoms with E-state index in [1.165, 1.54) is 12.3 Å². The van der Waals surface area contributed by atoms with Gasteiger partial charge in [-0.25, -0.2) is 22.5 Å². The van der Waals surface area contributed by atoms with E-state index in [0.717, 1.165) is 17.2 Å². The molecule has 0 radical (unpaired) electrons. The lowest BCUT2D eigenvalue weighted by Crippen LogP contribution is -2.34. The standard InChI is InChI=1S/C15H15F4N3O/c1-7(8-2-3-8)20-15(23)9-4-5-22-11(13(18)19)6-10(12(16)17)21-14(9)22/h4-8,12-13H,2-3H2,1H3,(H,20,23). The fourth-order valence-corrected chi connectivity index (χ4v) is 2.58. The van der Waals surface area contributed by atoms with Gasteiger partial charge in [0.15, 0.2) is 0 Å². The number of carbonyl (C=O) groups is 1. The molecular weight excluding hydrogens is 314 g/mol. The summed E-state index contributed by atoms with van der Waals surface area (Å²) < 4.78 is 52.9. The molecule has 1 unspecified atom stereocenters. The van der Waals surface area contributed by atoms with Crippen LogP contribution < -0.4 is 5.32 Å². The molecule has 0 spiro atoms. The number of nitrogens with zero attached hydrogens (tertiary/aromatic N) is 2. The van der Waals surface area contributed by atoms with E-state index in [9.17, 15) is 22.4 Å². The third kappa shape index (κ3) is 3.02. The van der Waals surface area contributed by atoms with Gasteiger partial charge in [0.25, 0.3) is 18.8 Å². The number of rotatable bonds is 5. The van der Waals surface area contributed by atoms with Gasteiger partial charge in [-0.2, -0.15) is 0 Å². The van der Waals surface area contributed by atoms with Crippen LogP contribution in [0, 0.1) is 5.92 Å². The first-order valence-corrected chi connectivity index (χ1v) is 7.27. The van der Waals surface area contributed by atoms with Crippen molar-refractivity contribution < 1.29 is 22.4 Å². The number of nitrogens with one attached hydrogen (secondary N) is 1. The molecule has 1 amide bonds. The van der Waals surface area contributed by atoms with Crippen LogP contribution in [0.3, 0.4) is 0 Å². The van der Waals surface area contributed by atoms with Gasteiger partial charge in [0.1, 0.15) is 11.3 Å². The Labute approximate surface area is 129 Å². The highest BCUT2D eigenvalue weighted by Crippen LogP contribution is 2.32. The van der Waals surface area contributed by atoms with Crippen LogP contribution in [-0.4, -0.2) is 21.3 Å². The third-order valence-electron chi connectivity index (χ3n) is 4.05. The van der Waals surface area contributed by atoms with Crippen molar-refractivity contribution in [3.8, 4) is 0 Å². The predicted octanol–water partition coefficient (Wildman–Crippen LogP) is 3.74. The van der Waals surface area contributed by atoms with Crippen LogP contribution in [0.5, 0.6) is 0 Å². The fraction of sp³-hybridized carbons (Fsp3) is 0.467. The van der Waals surface area contributed by atoms with Crippen molar-refractivity contribution in [3.05, 3.63) is 35.3 Å². The summed E-state index contributed by atoms with van der Waals surface area (Å²) in [4.78, 5) is 16.0. The number of aromatic nitrogens is 2. The summed E-state index contributed by atoms with van der Waals surface area (Å²) in [6.07, 6.45) is -2.64. The number of carbonyl (C=O) groups excluding carboxylic acids is 1. The molecule has 1 N–H and O–H groups in total. The number of hydrogen-bond donors (Lipinski definition) is 1. The molecule has 124 valence electrons. The van der Waals surface area contributed by atoms with E-state index < -0.39 is 30.1 Å². The Kier molecular flexibility index (Phi) is 3.99. The van der Waals surface area contributed by atoms with Gasteiger partial charge in [-0.3, -0.25) is 9.20 Å². The SMILES string of the molecule is CC(NC(=O)c1ccn2c(C(F)F)cc(C(F)F)nc12)C1CC1. The largest absolute Gasteiger partial charge is 0.349 e. The van der Waals surface area contributed by atoms with Crippen LogP contribution in [-0.2, 0) is 0 Å². The zero-order valence-electron chi connectivity index (χ0n) is 12.3. The van der Waals surface area contributed by atoms with Crippen LogP contribution in [0.25, 0.3) is 5.65 Å². The quantitative estimate of drug-likeness (QED) is 0.850. The number of hydrogen-bond acceptors (Lipinski definition) is 2. The summed E-state index contributed by atoms with van der Waals surface area (Å²) in [5.41, 5.74) is -1.55. The maximum atomic E-state index is 13.1. The van der Waals surface area contributed by atoms with E-state index in [1.54, 1.807) is 0 Å². The number of fused-ring (bicyclic) bond motifs is 1. The average Bonchev–Trinajstić information content (AvgIpc) is 3.25. The lowest BCUT2D eigenvalue weighted by molar-refractivity contribution is 0.0936. The minimum Gasteiger partial charge on any atom is -0.349 e. The summed E-state index contributed by atoms with van der Waals surface area (Å²) in [5, 5.41) is 2.77. The van der Waals surface area contributed by atoms with Crippen LogP contribution >= 0.6 is 0 Å². The van der Waals surface area contributed by atoms with Crippen molar-refractivity contribution in [3.63, 3.8) is 0 Å². The Morgan fingerprint density at radius 1 is 1.30 bits per heavy atom. The summed E-state index contributed by atoms with van der Waals surface area (Å²) in [7, 11) is 0. The van der Waals surface area contributed by atoms with Crippen LogP contribution in [0.2, 0.25) is 0 Å². The Morgan fingerprint density at radius 3 is 2.57 bits per heavy atom. The van der Waals surface area contributed by atoms with Gasteiger partial charge in [0.2, 0.25) is 0 Å². The first kappa shape index (κ1) is 15.8. The zero-order valence-corrected chi connectivity index (χ0v) is 12.3. The number of alkyl halides is 4. The van der Waals surface area contributed by atoms with Crippen molar-refractivity contribution in [1.82, 2.24) is 14.7 Å². The van der Waals surface area contributed by atoms with E-state index >= 15 is 0 Å². The predicted molar refractivity (Wildman–Crippen MR) is 74.8 cm³/mol. The Bertz CT molecular complexity index is 740. The number of halogens is 4. The van der Waals surface area contributed by atoms with Crippen LogP contribution in [0.15, 0.2) is 18.3 Å². The minimum absolute atomic E-state index is 0.0156. The highest BCUT2D eigenvalue weighted by atomic mass is 19.3. The molecule has 0 aliphatic heterocycles. The maximum absolute atomic E-state index is 13.1. The van der Waals surface area contributed by atoms with Gasteiger partial charge in [0, 0.05) is 12.2 Å². The van der Waals surface area contributed by atoms with E-state index in [0.29, 0.717) is 12.0 Å². The fourth-order valence-electron chi connectivity index (χ4n) is 2.58. The smallest absolute Gasteiger partial charge is 0.280 e. The minimum atomic E-state index is -2.99. The first-order chi connectivity index (χ1) is 10.9. The summed E-state index contributed by atoms with van der Waals surface area (Å²) in [5.74, 6) is -0.0833. The molecule has 3 rings (SSSR count). The lowest BCUT2D eigenvalue weighted by Gasteiger charge is -2.13. The molecular formula is C15H15F4N3O. The molecule has 0 bridgehead atoms. The molecule has 1 aliphatic carbocycles. The highest BCUT2D eigenvalue weighted by molar-refractivity contribution is 6.00. The zero-order chi connectivity index (χ0) is 16.7. The third-order valence-corrected chi connectivity index (χ3v) is 4.05. The molecule has 2 aromatic rings. The van der Waals surface area contributed by atoms with Crippen LogP contribution in [0.1, 0.15) is 54.4 Å². The average molecular weight is 329 g/mol. The second-order valence-electron chi connectivity index (χ2n) is 5.73. The van der Waals surface area contributed by atoms with Crippen molar-refractivity contribution >= 4 is 11.6 Å². The molecule has 1 aliphatic rings. The molecule has 1 fully saturated rings. The Hall–Kier alpha value is -2.12. The van der Waals surface area contributed by atoms with Crippen molar-refractivity contribution in [2.75, 3.05) is 0 Å². The van der Waals surface area contributed by atoms with E-state index in [-0.39, 0.29) is 17.3 Å². The van der Waals surface area contributed by atoms with Gasteiger partial charge in [-0.1, -0.05) is 0 Å². The molecule has 2 aromatic heterocycles. The summed E-state index contributed by atoms with van der Waals surface area (Å²) in [6, 6.07) is 1.93. The second-order valence-corrected chi connectivity index (χ2v) is 5.73.